The minimum Gasteiger partial charge on any atom is -0.497 e. The van der Waals surface area contributed by atoms with E-state index < -0.39 is 6.04 Å². The third kappa shape index (κ3) is 4.94. The van der Waals surface area contributed by atoms with Crippen molar-refractivity contribution in [2.75, 3.05) is 13.7 Å². The Kier molecular flexibility index (Phi) is 6.76. The molecule has 0 bridgehead atoms. The van der Waals surface area contributed by atoms with Crippen molar-refractivity contribution >= 4 is 23.4 Å². The minimum absolute atomic E-state index is 0.126. The van der Waals surface area contributed by atoms with Crippen LogP contribution >= 0.6 is 11.6 Å². The first-order valence-electron chi connectivity index (χ1n) is 10.6. The van der Waals surface area contributed by atoms with Crippen molar-refractivity contribution in [1.29, 1.82) is 0 Å². The van der Waals surface area contributed by atoms with Crippen molar-refractivity contribution in [3.63, 3.8) is 0 Å². The lowest BCUT2D eigenvalue weighted by Gasteiger charge is -2.24. The van der Waals surface area contributed by atoms with Crippen molar-refractivity contribution < 1.29 is 14.3 Å². The number of halogens is 1. The molecule has 1 atom stereocenters. The molecule has 164 valence electrons. The summed E-state index contributed by atoms with van der Waals surface area (Å²) in [6, 6.07) is 22.1. The van der Waals surface area contributed by atoms with Crippen LogP contribution in [0, 0.1) is 0 Å². The average molecular weight is 449 g/mol. The van der Waals surface area contributed by atoms with E-state index in [2.05, 4.69) is 5.32 Å². The third-order valence-electron chi connectivity index (χ3n) is 5.71. The summed E-state index contributed by atoms with van der Waals surface area (Å²) < 4.78 is 5.31. The molecule has 0 saturated carbocycles. The molecule has 1 fully saturated rings. The smallest absolute Gasteiger partial charge is 0.254 e. The molecule has 6 heteroatoms. The second-order valence-corrected chi connectivity index (χ2v) is 8.25. The standard InChI is InChI=1S/C26H25ClN2O3/c1-32-23-8-3-6-20(16-23)19-5-2-7-21(15-19)26(31)29-14-4-9-24(29)25(30)28-17-18-10-12-22(27)13-11-18/h2-3,5-8,10-13,15-16,24H,4,9,14,17H2,1H3,(H,28,30). The maximum Gasteiger partial charge on any atom is 0.254 e. The number of likely N-dealkylation sites (tertiary alicyclic amines) is 1. The molecule has 1 unspecified atom stereocenters. The van der Waals surface area contributed by atoms with Gasteiger partial charge >= 0.3 is 0 Å². The fourth-order valence-corrected chi connectivity index (χ4v) is 4.12. The maximum atomic E-state index is 13.3. The van der Waals surface area contributed by atoms with Gasteiger partial charge in [-0.1, -0.05) is 48.0 Å². The molecular weight excluding hydrogens is 424 g/mol. The number of carbonyl (C=O) groups is 2. The Balaban J connectivity index is 1.47. The Labute approximate surface area is 193 Å². The number of methoxy groups -OCH3 is 1. The SMILES string of the molecule is COc1cccc(-c2cccc(C(=O)N3CCCC3C(=O)NCc3ccc(Cl)cc3)c2)c1. The molecule has 1 aliphatic heterocycles. The number of amides is 2. The van der Waals surface area contributed by atoms with E-state index in [0.717, 1.165) is 28.9 Å². The zero-order valence-electron chi connectivity index (χ0n) is 17.9. The predicted octanol–water partition coefficient (Wildman–Crippen LogP) is 4.94. The number of rotatable bonds is 6. The number of hydrogen-bond donors (Lipinski definition) is 1. The second kappa shape index (κ2) is 9.88. The number of ether oxygens (including phenoxy) is 1. The highest BCUT2D eigenvalue weighted by atomic mass is 35.5. The van der Waals surface area contributed by atoms with Gasteiger partial charge in [0.25, 0.3) is 5.91 Å². The molecule has 5 nitrogen and oxygen atoms in total. The lowest BCUT2D eigenvalue weighted by Crippen LogP contribution is -2.45. The van der Waals surface area contributed by atoms with Gasteiger partial charge in [0.2, 0.25) is 5.91 Å². The van der Waals surface area contributed by atoms with Crippen molar-refractivity contribution in [2.24, 2.45) is 0 Å². The Morgan fingerprint density at radius 3 is 2.50 bits per heavy atom. The molecule has 3 aromatic carbocycles. The Morgan fingerprint density at radius 1 is 1.03 bits per heavy atom. The Hall–Kier alpha value is -3.31. The van der Waals surface area contributed by atoms with Crippen LogP contribution in [0.5, 0.6) is 5.75 Å². The summed E-state index contributed by atoms with van der Waals surface area (Å²) in [7, 11) is 1.63. The summed E-state index contributed by atoms with van der Waals surface area (Å²) in [5, 5.41) is 3.61. The molecule has 1 N–H and O–H groups in total. The third-order valence-corrected chi connectivity index (χ3v) is 5.96. The van der Waals surface area contributed by atoms with E-state index in [1.54, 1.807) is 30.2 Å². The first-order chi connectivity index (χ1) is 15.5. The highest BCUT2D eigenvalue weighted by Gasteiger charge is 2.34. The zero-order chi connectivity index (χ0) is 22.5. The molecular formula is C26H25ClN2O3. The largest absolute Gasteiger partial charge is 0.497 e. The highest BCUT2D eigenvalue weighted by Crippen LogP contribution is 2.26. The molecule has 32 heavy (non-hydrogen) atoms. The fraction of sp³-hybridized carbons (Fsp3) is 0.231. The lowest BCUT2D eigenvalue weighted by atomic mass is 10.0. The van der Waals surface area contributed by atoms with Crippen LogP contribution in [0.4, 0.5) is 0 Å². The van der Waals surface area contributed by atoms with Gasteiger partial charge in [0, 0.05) is 23.7 Å². The lowest BCUT2D eigenvalue weighted by molar-refractivity contribution is -0.125. The summed E-state index contributed by atoms with van der Waals surface area (Å²) in [5.41, 5.74) is 3.43. The van der Waals surface area contributed by atoms with E-state index in [1.165, 1.54) is 0 Å². The maximum absolute atomic E-state index is 13.3. The summed E-state index contributed by atoms with van der Waals surface area (Å²) in [4.78, 5) is 27.8. The van der Waals surface area contributed by atoms with Crippen LogP contribution in [-0.2, 0) is 11.3 Å². The fourth-order valence-electron chi connectivity index (χ4n) is 3.99. The summed E-state index contributed by atoms with van der Waals surface area (Å²) >= 11 is 5.92. The molecule has 1 heterocycles. The van der Waals surface area contributed by atoms with Gasteiger partial charge in [-0.25, -0.2) is 0 Å². The topological polar surface area (TPSA) is 58.6 Å². The molecule has 2 amide bonds. The van der Waals surface area contributed by atoms with Crippen LogP contribution in [0.1, 0.15) is 28.8 Å². The van der Waals surface area contributed by atoms with Gasteiger partial charge in [-0.2, -0.15) is 0 Å². The highest BCUT2D eigenvalue weighted by molar-refractivity contribution is 6.30. The van der Waals surface area contributed by atoms with Crippen LogP contribution in [0.15, 0.2) is 72.8 Å². The number of carbonyl (C=O) groups excluding carboxylic acids is 2. The molecule has 0 spiro atoms. The molecule has 4 rings (SSSR count). The number of nitrogens with zero attached hydrogens (tertiary/aromatic N) is 1. The molecule has 0 aliphatic carbocycles. The first-order valence-corrected chi connectivity index (χ1v) is 11.0. The molecule has 0 radical (unpaired) electrons. The van der Waals surface area contributed by atoms with Gasteiger partial charge in [-0.05, 0) is 65.9 Å². The molecule has 0 aromatic heterocycles. The van der Waals surface area contributed by atoms with Crippen LogP contribution in [0.25, 0.3) is 11.1 Å². The summed E-state index contributed by atoms with van der Waals surface area (Å²) in [5.74, 6) is 0.504. The average Bonchev–Trinajstić information content (AvgIpc) is 3.33. The molecule has 1 aliphatic rings. The Morgan fingerprint density at radius 2 is 1.75 bits per heavy atom. The quantitative estimate of drug-likeness (QED) is 0.581. The monoisotopic (exact) mass is 448 g/mol. The van der Waals surface area contributed by atoms with Crippen LogP contribution in [-0.4, -0.2) is 36.4 Å². The zero-order valence-corrected chi connectivity index (χ0v) is 18.6. The Bertz CT molecular complexity index is 1110. The summed E-state index contributed by atoms with van der Waals surface area (Å²) in [6.45, 7) is 0.973. The van der Waals surface area contributed by atoms with Gasteiger partial charge < -0.3 is 15.0 Å². The van der Waals surface area contributed by atoms with Gasteiger partial charge in [-0.15, -0.1) is 0 Å². The van der Waals surface area contributed by atoms with Gasteiger partial charge in [0.05, 0.1) is 7.11 Å². The molecule has 1 saturated heterocycles. The number of benzene rings is 3. The van der Waals surface area contributed by atoms with Crippen LogP contribution < -0.4 is 10.1 Å². The van der Waals surface area contributed by atoms with E-state index in [-0.39, 0.29) is 11.8 Å². The van der Waals surface area contributed by atoms with Crippen molar-refractivity contribution in [1.82, 2.24) is 10.2 Å². The first kappa shape index (κ1) is 21.9. The van der Waals surface area contributed by atoms with Gasteiger partial charge in [-0.3, -0.25) is 9.59 Å². The minimum atomic E-state index is -0.463. The normalized spacial score (nSPS) is 15.4. The summed E-state index contributed by atoms with van der Waals surface area (Å²) in [6.07, 6.45) is 1.47. The van der Waals surface area contributed by atoms with Crippen molar-refractivity contribution in [2.45, 2.75) is 25.4 Å². The second-order valence-electron chi connectivity index (χ2n) is 7.81. The van der Waals surface area contributed by atoms with Gasteiger partial charge in [0.1, 0.15) is 11.8 Å². The van der Waals surface area contributed by atoms with E-state index in [1.807, 2.05) is 54.6 Å². The number of hydrogen-bond acceptors (Lipinski definition) is 3. The van der Waals surface area contributed by atoms with E-state index in [9.17, 15) is 9.59 Å². The van der Waals surface area contributed by atoms with E-state index >= 15 is 0 Å². The van der Waals surface area contributed by atoms with E-state index in [0.29, 0.717) is 30.1 Å². The predicted molar refractivity (Wildman–Crippen MR) is 126 cm³/mol. The number of nitrogens with one attached hydrogen (secondary N) is 1. The van der Waals surface area contributed by atoms with Crippen molar-refractivity contribution in [3.8, 4) is 16.9 Å². The molecule has 3 aromatic rings. The van der Waals surface area contributed by atoms with Crippen LogP contribution in [0.2, 0.25) is 5.02 Å². The van der Waals surface area contributed by atoms with Crippen LogP contribution in [0.3, 0.4) is 0 Å². The van der Waals surface area contributed by atoms with Gasteiger partial charge in [0.15, 0.2) is 0 Å². The van der Waals surface area contributed by atoms with E-state index in [4.69, 9.17) is 16.3 Å². The van der Waals surface area contributed by atoms with Crippen molar-refractivity contribution in [3.05, 3.63) is 88.9 Å².